The predicted molar refractivity (Wildman–Crippen MR) is 98.5 cm³/mol. The van der Waals surface area contributed by atoms with Gasteiger partial charge < -0.3 is 10.2 Å². The maximum atomic E-state index is 12.8. The summed E-state index contributed by atoms with van der Waals surface area (Å²) >= 11 is 1.39. The fourth-order valence-electron chi connectivity index (χ4n) is 3.08. The Morgan fingerprint density at radius 1 is 1.22 bits per heavy atom. The van der Waals surface area contributed by atoms with Crippen molar-refractivity contribution in [3.05, 3.63) is 47.7 Å². The number of carbonyl (C=O) groups excluding carboxylic acids is 2. The third-order valence-corrected chi connectivity index (χ3v) is 5.21. The number of rotatable bonds is 4. The van der Waals surface area contributed by atoms with E-state index in [1.54, 1.807) is 29.3 Å². The van der Waals surface area contributed by atoms with Crippen LogP contribution >= 0.6 is 11.3 Å². The molecule has 3 heterocycles. The lowest BCUT2D eigenvalue weighted by molar-refractivity contribution is -0.121. The normalized spacial score (nSPS) is 14.9. The molecule has 1 aliphatic heterocycles. The minimum Gasteiger partial charge on any atom is -0.339 e. The third kappa shape index (κ3) is 3.85. The maximum absolute atomic E-state index is 12.8. The first kappa shape index (κ1) is 17.3. The van der Waals surface area contributed by atoms with Crippen LogP contribution in [-0.4, -0.2) is 55.0 Å². The molecule has 0 spiro atoms. The minimum atomic E-state index is -0.106. The number of tetrazole rings is 1. The zero-order valence-corrected chi connectivity index (χ0v) is 15.2. The Bertz CT molecular complexity index is 919. The molecular formula is C17H17N7O2S. The first-order chi connectivity index (χ1) is 13.2. The molecule has 138 valence electrons. The van der Waals surface area contributed by atoms with Gasteiger partial charge in [0.25, 0.3) is 5.91 Å². The van der Waals surface area contributed by atoms with E-state index in [0.29, 0.717) is 36.6 Å². The van der Waals surface area contributed by atoms with Crippen molar-refractivity contribution in [3.8, 4) is 5.69 Å². The highest BCUT2D eigenvalue weighted by Gasteiger charge is 2.28. The van der Waals surface area contributed by atoms with Crippen molar-refractivity contribution in [2.75, 3.05) is 18.4 Å². The Hall–Kier alpha value is -3.14. The van der Waals surface area contributed by atoms with Gasteiger partial charge in [-0.05, 0) is 41.5 Å². The predicted octanol–water partition coefficient (Wildman–Crippen LogP) is 1.61. The number of piperidine rings is 1. The quantitative estimate of drug-likeness (QED) is 0.734. The number of thiazole rings is 1. The minimum absolute atomic E-state index is 0.0299. The molecule has 0 atom stereocenters. The van der Waals surface area contributed by atoms with Gasteiger partial charge in [-0.2, -0.15) is 0 Å². The number of nitrogens with zero attached hydrogens (tertiary/aromatic N) is 6. The smallest absolute Gasteiger partial charge is 0.253 e. The van der Waals surface area contributed by atoms with Crippen LogP contribution in [0.1, 0.15) is 23.2 Å². The molecule has 3 aromatic rings. The Morgan fingerprint density at radius 3 is 2.78 bits per heavy atom. The van der Waals surface area contributed by atoms with Crippen LogP contribution < -0.4 is 5.32 Å². The molecular weight excluding hydrogens is 366 g/mol. The second kappa shape index (κ2) is 7.62. The summed E-state index contributed by atoms with van der Waals surface area (Å²) in [5.41, 5.74) is 1.30. The molecule has 1 fully saturated rings. The number of likely N-dealkylation sites (tertiary alicyclic amines) is 1. The summed E-state index contributed by atoms with van der Waals surface area (Å²) in [7, 11) is 0. The van der Waals surface area contributed by atoms with Crippen molar-refractivity contribution in [2.45, 2.75) is 12.8 Å². The van der Waals surface area contributed by atoms with Gasteiger partial charge in [0.15, 0.2) is 5.13 Å². The highest BCUT2D eigenvalue weighted by Crippen LogP contribution is 2.22. The van der Waals surface area contributed by atoms with E-state index in [2.05, 4.69) is 25.8 Å². The van der Waals surface area contributed by atoms with Crippen LogP contribution in [-0.2, 0) is 4.79 Å². The van der Waals surface area contributed by atoms with Gasteiger partial charge in [0.05, 0.1) is 5.69 Å². The summed E-state index contributed by atoms with van der Waals surface area (Å²) in [6.45, 7) is 1.09. The molecule has 27 heavy (non-hydrogen) atoms. The first-order valence-corrected chi connectivity index (χ1v) is 9.42. The van der Waals surface area contributed by atoms with Crippen LogP contribution in [0.3, 0.4) is 0 Å². The molecule has 2 aromatic heterocycles. The van der Waals surface area contributed by atoms with E-state index < -0.39 is 0 Å². The highest BCUT2D eigenvalue weighted by atomic mass is 32.1. The Balaban J connectivity index is 1.37. The molecule has 0 aliphatic carbocycles. The van der Waals surface area contributed by atoms with Crippen LogP contribution in [0.15, 0.2) is 42.2 Å². The first-order valence-electron chi connectivity index (χ1n) is 8.54. The monoisotopic (exact) mass is 383 g/mol. The van der Waals surface area contributed by atoms with Crippen molar-refractivity contribution in [1.29, 1.82) is 0 Å². The lowest BCUT2D eigenvalue weighted by atomic mass is 9.95. The Kier molecular flexibility index (Phi) is 4.88. The second-order valence-electron chi connectivity index (χ2n) is 6.20. The molecule has 0 radical (unpaired) electrons. The van der Waals surface area contributed by atoms with E-state index in [-0.39, 0.29) is 17.7 Å². The summed E-state index contributed by atoms with van der Waals surface area (Å²) in [5, 5.41) is 16.3. The number of anilines is 1. The van der Waals surface area contributed by atoms with E-state index in [4.69, 9.17) is 0 Å². The van der Waals surface area contributed by atoms with Crippen molar-refractivity contribution in [1.82, 2.24) is 30.1 Å². The summed E-state index contributed by atoms with van der Waals surface area (Å²) in [5.74, 6) is -0.188. The maximum Gasteiger partial charge on any atom is 0.253 e. The van der Waals surface area contributed by atoms with Crippen LogP contribution in [0.2, 0.25) is 0 Å². The molecule has 9 nitrogen and oxygen atoms in total. The van der Waals surface area contributed by atoms with Gasteiger partial charge >= 0.3 is 0 Å². The van der Waals surface area contributed by atoms with E-state index in [1.807, 2.05) is 11.4 Å². The number of amides is 2. The Labute approximate surface area is 159 Å². The van der Waals surface area contributed by atoms with Crippen LogP contribution in [0.4, 0.5) is 5.13 Å². The fourth-order valence-corrected chi connectivity index (χ4v) is 3.61. The number of nitrogens with one attached hydrogen (secondary N) is 1. The topological polar surface area (TPSA) is 106 Å². The highest BCUT2D eigenvalue weighted by molar-refractivity contribution is 7.13. The van der Waals surface area contributed by atoms with Crippen molar-refractivity contribution in [2.24, 2.45) is 5.92 Å². The standard InChI is InChI=1S/C17H17N7O2S/c25-15(20-17-18-6-9-27-17)12-4-7-23(8-5-12)16(26)13-2-1-3-14(10-13)24-11-19-21-22-24/h1-3,6,9-12H,4-5,7-8H2,(H,18,20,25). The molecule has 1 aliphatic rings. The molecule has 2 amide bonds. The van der Waals surface area contributed by atoms with Crippen LogP contribution in [0, 0.1) is 5.92 Å². The molecule has 10 heteroatoms. The van der Waals surface area contributed by atoms with E-state index >= 15 is 0 Å². The number of aromatic nitrogens is 5. The average molecular weight is 383 g/mol. The molecule has 0 unspecified atom stereocenters. The Morgan fingerprint density at radius 2 is 2.07 bits per heavy atom. The number of hydrogen-bond donors (Lipinski definition) is 1. The molecule has 1 aromatic carbocycles. The van der Waals surface area contributed by atoms with E-state index in [9.17, 15) is 9.59 Å². The summed E-state index contributed by atoms with van der Waals surface area (Å²) in [6.07, 6.45) is 4.41. The summed E-state index contributed by atoms with van der Waals surface area (Å²) in [4.78, 5) is 31.0. The van der Waals surface area contributed by atoms with Gasteiger partial charge in [-0.25, -0.2) is 9.67 Å². The van der Waals surface area contributed by atoms with Crippen molar-refractivity contribution >= 4 is 28.3 Å². The third-order valence-electron chi connectivity index (χ3n) is 4.52. The van der Waals surface area contributed by atoms with Gasteiger partial charge in [-0.1, -0.05) is 6.07 Å². The largest absolute Gasteiger partial charge is 0.339 e. The lowest BCUT2D eigenvalue weighted by Gasteiger charge is -2.31. The van der Waals surface area contributed by atoms with Gasteiger partial charge in [-0.15, -0.1) is 16.4 Å². The SMILES string of the molecule is O=C(Nc1nccs1)C1CCN(C(=O)c2cccc(-n3cnnn3)c2)CC1. The van der Waals surface area contributed by atoms with E-state index in [0.717, 1.165) is 5.69 Å². The molecule has 4 rings (SSSR count). The number of carbonyl (C=O) groups is 2. The van der Waals surface area contributed by atoms with Gasteiger partial charge in [0.2, 0.25) is 5.91 Å². The van der Waals surface area contributed by atoms with Crippen LogP contribution in [0.5, 0.6) is 0 Å². The molecule has 0 saturated carbocycles. The van der Waals surface area contributed by atoms with E-state index in [1.165, 1.54) is 22.3 Å². The van der Waals surface area contributed by atoms with Gasteiger partial charge in [0.1, 0.15) is 6.33 Å². The number of benzene rings is 1. The molecule has 1 saturated heterocycles. The van der Waals surface area contributed by atoms with Gasteiger partial charge in [-0.3, -0.25) is 9.59 Å². The van der Waals surface area contributed by atoms with Crippen LogP contribution in [0.25, 0.3) is 5.69 Å². The zero-order valence-electron chi connectivity index (χ0n) is 14.4. The second-order valence-corrected chi connectivity index (χ2v) is 7.09. The van der Waals surface area contributed by atoms with Crippen molar-refractivity contribution in [3.63, 3.8) is 0 Å². The molecule has 1 N–H and O–H groups in total. The summed E-state index contributed by atoms with van der Waals surface area (Å²) < 4.78 is 1.51. The fraction of sp³-hybridized carbons (Fsp3) is 0.294. The molecule has 0 bridgehead atoms. The number of hydrogen-bond acceptors (Lipinski definition) is 7. The lowest BCUT2D eigenvalue weighted by Crippen LogP contribution is -2.41. The summed E-state index contributed by atoms with van der Waals surface area (Å²) in [6, 6.07) is 7.18. The zero-order chi connectivity index (χ0) is 18.6. The van der Waals surface area contributed by atoms with Crippen molar-refractivity contribution < 1.29 is 9.59 Å². The van der Waals surface area contributed by atoms with Gasteiger partial charge in [0, 0.05) is 36.1 Å². The average Bonchev–Trinajstić information content (AvgIpc) is 3.42.